The predicted octanol–water partition coefficient (Wildman–Crippen LogP) is 0.560. The summed E-state index contributed by atoms with van der Waals surface area (Å²) in [5.74, 6) is 3.91. The number of hydrazine groups is 1. The molecule has 0 aromatic rings. The number of amides is 1. The van der Waals surface area contributed by atoms with Crippen molar-refractivity contribution < 1.29 is 9.90 Å². The number of carbonyl (C=O) groups is 1. The number of carbonyl (C=O) groups excluding carboxylic acids is 1. The Bertz CT molecular complexity index is 423. The van der Waals surface area contributed by atoms with Gasteiger partial charge in [-0.15, -0.1) is 0 Å². The van der Waals surface area contributed by atoms with Crippen molar-refractivity contribution in [2.45, 2.75) is 11.8 Å². The molecule has 0 saturated heterocycles. The highest BCUT2D eigenvalue weighted by molar-refractivity contribution is 9.09. The molecule has 1 heterocycles. The van der Waals surface area contributed by atoms with Gasteiger partial charge in [-0.25, -0.2) is 10.8 Å². The summed E-state index contributed by atoms with van der Waals surface area (Å²) < 4.78 is 0. The SMILES string of the molecule is C[C@H](Br)/C=C1\C(=N)N=CC(C(=O)NN)=C1O. The molecular formula is C9H11BrN4O2. The summed E-state index contributed by atoms with van der Waals surface area (Å²) in [4.78, 5) is 14.9. The highest BCUT2D eigenvalue weighted by Crippen LogP contribution is 2.19. The Morgan fingerprint density at radius 2 is 2.44 bits per heavy atom. The number of nitrogens with zero attached hydrogens (tertiary/aromatic N) is 1. The van der Waals surface area contributed by atoms with Gasteiger partial charge in [-0.1, -0.05) is 22.0 Å². The first-order valence-electron chi connectivity index (χ1n) is 4.40. The second-order valence-electron chi connectivity index (χ2n) is 3.10. The number of amidine groups is 1. The highest BCUT2D eigenvalue weighted by atomic mass is 79.9. The van der Waals surface area contributed by atoms with Gasteiger partial charge in [0.2, 0.25) is 0 Å². The van der Waals surface area contributed by atoms with Gasteiger partial charge in [0.1, 0.15) is 11.3 Å². The molecule has 0 aliphatic carbocycles. The Morgan fingerprint density at radius 3 is 2.94 bits per heavy atom. The zero-order valence-corrected chi connectivity index (χ0v) is 10.1. The van der Waals surface area contributed by atoms with E-state index in [4.69, 9.17) is 11.3 Å². The summed E-state index contributed by atoms with van der Waals surface area (Å²) in [5.41, 5.74) is 2.04. The van der Waals surface area contributed by atoms with Crippen LogP contribution in [0.15, 0.2) is 28.0 Å². The molecule has 1 aliphatic rings. The van der Waals surface area contributed by atoms with Crippen molar-refractivity contribution in [1.82, 2.24) is 5.43 Å². The van der Waals surface area contributed by atoms with Crippen LogP contribution in [0.4, 0.5) is 0 Å². The van der Waals surface area contributed by atoms with Gasteiger partial charge in [-0.2, -0.15) is 0 Å². The van der Waals surface area contributed by atoms with Gasteiger partial charge in [-0.05, 0) is 6.92 Å². The monoisotopic (exact) mass is 286 g/mol. The molecule has 1 aliphatic heterocycles. The van der Waals surface area contributed by atoms with E-state index in [0.717, 1.165) is 6.21 Å². The van der Waals surface area contributed by atoms with Crippen molar-refractivity contribution >= 4 is 33.9 Å². The summed E-state index contributed by atoms with van der Waals surface area (Å²) >= 11 is 3.26. The minimum atomic E-state index is -0.651. The first-order chi connectivity index (χ1) is 7.47. The third-order valence-corrected chi connectivity index (χ3v) is 2.12. The molecule has 1 rings (SSSR count). The Hall–Kier alpha value is -1.47. The van der Waals surface area contributed by atoms with Crippen molar-refractivity contribution in [2.75, 3.05) is 0 Å². The van der Waals surface area contributed by atoms with Gasteiger partial charge in [0.05, 0.1) is 5.57 Å². The maximum absolute atomic E-state index is 11.3. The Kier molecular flexibility index (Phi) is 3.97. The lowest BCUT2D eigenvalue weighted by Gasteiger charge is -2.13. The van der Waals surface area contributed by atoms with Crippen LogP contribution in [0, 0.1) is 5.41 Å². The first-order valence-corrected chi connectivity index (χ1v) is 5.32. The van der Waals surface area contributed by atoms with E-state index in [1.165, 1.54) is 0 Å². The lowest BCUT2D eigenvalue weighted by molar-refractivity contribution is -0.117. The maximum Gasteiger partial charge on any atom is 0.270 e. The van der Waals surface area contributed by atoms with Crippen molar-refractivity contribution in [1.29, 1.82) is 5.41 Å². The van der Waals surface area contributed by atoms with Crippen molar-refractivity contribution in [3.8, 4) is 0 Å². The number of allylic oxidation sites excluding steroid dienone is 1. The summed E-state index contributed by atoms with van der Waals surface area (Å²) in [6, 6.07) is 0. The topological polar surface area (TPSA) is 112 Å². The fourth-order valence-electron chi connectivity index (χ4n) is 1.15. The normalized spacial score (nSPS) is 20.2. The number of aliphatic hydroxyl groups excluding tert-OH is 1. The standard InChI is InChI=1S/C9H11BrN4O2/c1-4(10)2-5-7(15)6(9(16)14-12)3-13-8(5)11/h2-4,11,15H,12H2,1H3,(H,14,16)/b5-2-,11-8?/t4-/m0/s1. The lowest BCUT2D eigenvalue weighted by Crippen LogP contribution is -2.34. The minimum absolute atomic E-state index is 0.0551. The van der Waals surface area contributed by atoms with E-state index in [-0.39, 0.29) is 27.6 Å². The van der Waals surface area contributed by atoms with E-state index in [1.54, 1.807) is 6.08 Å². The van der Waals surface area contributed by atoms with Crippen LogP contribution in [0.3, 0.4) is 0 Å². The van der Waals surface area contributed by atoms with E-state index in [1.807, 2.05) is 12.3 Å². The van der Waals surface area contributed by atoms with E-state index < -0.39 is 5.91 Å². The zero-order valence-electron chi connectivity index (χ0n) is 8.49. The largest absolute Gasteiger partial charge is 0.506 e. The number of dihydropyridines is 1. The molecule has 86 valence electrons. The fraction of sp³-hybridized carbons (Fsp3) is 0.222. The molecule has 5 N–H and O–H groups in total. The molecule has 16 heavy (non-hydrogen) atoms. The van der Waals surface area contributed by atoms with Crippen LogP contribution in [-0.4, -0.2) is 27.9 Å². The van der Waals surface area contributed by atoms with Crippen molar-refractivity contribution in [2.24, 2.45) is 10.8 Å². The molecule has 0 radical (unpaired) electrons. The van der Waals surface area contributed by atoms with Crippen LogP contribution < -0.4 is 11.3 Å². The van der Waals surface area contributed by atoms with Gasteiger partial charge >= 0.3 is 0 Å². The molecule has 0 fully saturated rings. The van der Waals surface area contributed by atoms with Crippen molar-refractivity contribution in [3.63, 3.8) is 0 Å². The van der Waals surface area contributed by atoms with E-state index in [9.17, 15) is 9.90 Å². The van der Waals surface area contributed by atoms with Gasteiger partial charge in [-0.3, -0.25) is 15.6 Å². The molecular weight excluding hydrogens is 276 g/mol. The number of aliphatic hydroxyl groups is 1. The molecule has 1 amide bonds. The zero-order chi connectivity index (χ0) is 12.3. The van der Waals surface area contributed by atoms with E-state index in [2.05, 4.69) is 20.9 Å². The number of aliphatic imine (C=N–C) groups is 1. The summed E-state index contributed by atoms with van der Waals surface area (Å²) in [6.45, 7) is 1.81. The van der Waals surface area contributed by atoms with Gasteiger partial charge < -0.3 is 5.11 Å². The van der Waals surface area contributed by atoms with E-state index in [0.29, 0.717) is 0 Å². The maximum atomic E-state index is 11.3. The number of nitrogens with one attached hydrogen (secondary N) is 2. The number of hydrogen-bond acceptors (Lipinski definition) is 4. The van der Waals surface area contributed by atoms with Gasteiger partial charge in [0, 0.05) is 11.0 Å². The molecule has 0 aromatic heterocycles. The molecule has 0 aromatic carbocycles. The Balaban J connectivity index is 3.21. The molecule has 0 saturated carbocycles. The van der Waals surface area contributed by atoms with Crippen LogP contribution in [0.1, 0.15) is 6.92 Å². The molecule has 0 unspecified atom stereocenters. The van der Waals surface area contributed by atoms with Crippen LogP contribution in [0.25, 0.3) is 0 Å². The first kappa shape index (κ1) is 12.6. The quantitative estimate of drug-likeness (QED) is 0.257. The summed E-state index contributed by atoms with van der Waals surface area (Å²) in [6.07, 6.45) is 2.69. The number of hydrogen-bond donors (Lipinski definition) is 4. The smallest absolute Gasteiger partial charge is 0.270 e. The predicted molar refractivity (Wildman–Crippen MR) is 64.7 cm³/mol. The van der Waals surface area contributed by atoms with Gasteiger partial charge in [0.15, 0.2) is 5.84 Å². The highest BCUT2D eigenvalue weighted by Gasteiger charge is 2.22. The molecule has 0 bridgehead atoms. The third-order valence-electron chi connectivity index (χ3n) is 1.86. The number of alkyl halides is 1. The van der Waals surface area contributed by atoms with Crippen molar-refractivity contribution in [3.05, 3.63) is 23.0 Å². The number of rotatable bonds is 2. The third kappa shape index (κ3) is 2.56. The lowest BCUT2D eigenvalue weighted by atomic mass is 10.0. The minimum Gasteiger partial charge on any atom is -0.506 e. The molecule has 1 atom stereocenters. The fourth-order valence-corrected chi connectivity index (χ4v) is 1.41. The Morgan fingerprint density at radius 1 is 1.81 bits per heavy atom. The van der Waals surface area contributed by atoms with Crippen LogP contribution in [0.5, 0.6) is 0 Å². The molecule has 0 spiro atoms. The second-order valence-corrected chi connectivity index (χ2v) is 4.54. The molecule has 7 heteroatoms. The average Bonchev–Trinajstić information content (AvgIpc) is 2.23. The summed E-state index contributed by atoms with van der Waals surface area (Å²) in [7, 11) is 0. The molecule has 6 nitrogen and oxygen atoms in total. The summed E-state index contributed by atoms with van der Waals surface area (Å²) in [5, 5.41) is 17.3. The second kappa shape index (κ2) is 5.04. The average molecular weight is 287 g/mol. The van der Waals surface area contributed by atoms with Gasteiger partial charge in [0.25, 0.3) is 5.91 Å². The van der Waals surface area contributed by atoms with Crippen LogP contribution in [-0.2, 0) is 4.79 Å². The number of halogens is 1. The van der Waals surface area contributed by atoms with E-state index >= 15 is 0 Å². The number of nitrogens with two attached hydrogens (primary N) is 1. The van der Waals surface area contributed by atoms with Crippen LogP contribution >= 0.6 is 15.9 Å². The van der Waals surface area contributed by atoms with Crippen LogP contribution in [0.2, 0.25) is 0 Å². The Labute approximate surface area is 101 Å².